The van der Waals surface area contributed by atoms with E-state index in [1.165, 1.54) is 19.3 Å². The van der Waals surface area contributed by atoms with Crippen molar-refractivity contribution in [2.75, 3.05) is 11.4 Å². The molecule has 0 spiro atoms. The Morgan fingerprint density at radius 1 is 1.21 bits per heavy atom. The predicted molar refractivity (Wildman–Crippen MR) is 136 cm³/mol. The summed E-state index contributed by atoms with van der Waals surface area (Å²) in [7, 11) is 0. The van der Waals surface area contributed by atoms with Crippen LogP contribution in [0.25, 0.3) is 10.2 Å². The van der Waals surface area contributed by atoms with Crippen LogP contribution < -0.4 is 4.90 Å². The number of thiazole rings is 1. The van der Waals surface area contributed by atoms with Gasteiger partial charge in [0, 0.05) is 25.5 Å². The lowest BCUT2D eigenvalue weighted by Gasteiger charge is -2.56. The Morgan fingerprint density at radius 3 is 2.52 bits per heavy atom. The standard InChI is InChI=1S/C25H29ClN4OS.ClH/c1-16-3-4-20(26)22-21(16)28-24(32-22)30(7-2-6-29-8-5-27-15-29)23(31)25-12-17-9-18(13-25)11-19(10-17)14-25;/h3-5,8,15,17-19H,2,6-7,9-14H2,1H3;1H. The average Bonchev–Trinajstić information content (AvgIpc) is 3.43. The maximum Gasteiger partial charge on any atom is 0.235 e. The van der Waals surface area contributed by atoms with Gasteiger partial charge in [-0.05, 0) is 81.3 Å². The maximum atomic E-state index is 14.3. The number of rotatable bonds is 6. The number of amides is 1. The van der Waals surface area contributed by atoms with Crippen molar-refractivity contribution in [2.24, 2.45) is 23.2 Å². The quantitative estimate of drug-likeness (QED) is 0.384. The fraction of sp³-hybridized carbons (Fsp3) is 0.560. The Labute approximate surface area is 210 Å². The van der Waals surface area contributed by atoms with Crippen molar-refractivity contribution < 1.29 is 4.79 Å². The fourth-order valence-corrected chi connectivity index (χ4v) is 8.32. The third-order valence-corrected chi connectivity index (χ3v) is 9.55. The van der Waals surface area contributed by atoms with Crippen LogP contribution in [0.5, 0.6) is 0 Å². The van der Waals surface area contributed by atoms with Gasteiger partial charge in [-0.2, -0.15) is 0 Å². The van der Waals surface area contributed by atoms with Gasteiger partial charge >= 0.3 is 0 Å². The topological polar surface area (TPSA) is 51.0 Å². The zero-order chi connectivity index (χ0) is 21.9. The van der Waals surface area contributed by atoms with Crippen molar-refractivity contribution in [1.82, 2.24) is 14.5 Å². The van der Waals surface area contributed by atoms with Crippen molar-refractivity contribution >= 4 is 56.6 Å². The molecule has 4 fully saturated rings. The zero-order valence-electron chi connectivity index (χ0n) is 18.9. The first kappa shape index (κ1) is 23.1. The van der Waals surface area contributed by atoms with Gasteiger partial charge in [0.1, 0.15) is 0 Å². The van der Waals surface area contributed by atoms with Crippen molar-refractivity contribution in [3.63, 3.8) is 0 Å². The summed E-state index contributed by atoms with van der Waals surface area (Å²) in [6, 6.07) is 3.95. The minimum absolute atomic E-state index is 0. The first-order valence-electron chi connectivity index (χ1n) is 11.8. The van der Waals surface area contributed by atoms with Gasteiger partial charge in [0.2, 0.25) is 5.91 Å². The molecule has 2 aromatic heterocycles. The van der Waals surface area contributed by atoms with Crippen LogP contribution in [0, 0.1) is 30.1 Å². The van der Waals surface area contributed by atoms with Gasteiger partial charge in [0.25, 0.3) is 0 Å². The number of aryl methyl sites for hydroxylation is 2. The molecule has 1 amide bonds. The van der Waals surface area contributed by atoms with E-state index in [1.54, 1.807) is 17.5 Å². The molecule has 0 unspecified atom stereocenters. The average molecular weight is 506 g/mol. The second kappa shape index (κ2) is 8.86. The maximum absolute atomic E-state index is 14.3. The van der Waals surface area contributed by atoms with Gasteiger partial charge in [-0.3, -0.25) is 9.69 Å². The molecule has 1 aromatic carbocycles. The van der Waals surface area contributed by atoms with E-state index < -0.39 is 0 Å². The molecule has 0 aliphatic heterocycles. The molecular formula is C25H30Cl2N4OS. The number of carbonyl (C=O) groups is 1. The summed E-state index contributed by atoms with van der Waals surface area (Å²) in [6.45, 7) is 3.58. The number of nitrogens with zero attached hydrogens (tertiary/aromatic N) is 4. The van der Waals surface area contributed by atoms with E-state index in [2.05, 4.69) is 16.5 Å². The van der Waals surface area contributed by atoms with Gasteiger partial charge in [0.15, 0.2) is 5.13 Å². The summed E-state index contributed by atoms with van der Waals surface area (Å²) in [5.41, 5.74) is 1.85. The summed E-state index contributed by atoms with van der Waals surface area (Å²) in [5.74, 6) is 2.54. The number of hydrogen-bond donors (Lipinski definition) is 0. The van der Waals surface area contributed by atoms with E-state index in [0.717, 1.165) is 75.9 Å². The minimum atomic E-state index is -0.180. The lowest BCUT2D eigenvalue weighted by Crippen LogP contribution is -2.55. The van der Waals surface area contributed by atoms with Crippen LogP contribution in [0.15, 0.2) is 30.9 Å². The molecule has 3 aromatic rings. The Morgan fingerprint density at radius 2 is 1.91 bits per heavy atom. The Hall–Kier alpha value is -1.63. The smallest absolute Gasteiger partial charge is 0.235 e. The molecule has 4 aliphatic carbocycles. The number of imidazole rings is 1. The highest BCUT2D eigenvalue weighted by Crippen LogP contribution is 2.60. The number of carbonyl (C=O) groups excluding carboxylic acids is 1. The monoisotopic (exact) mass is 504 g/mol. The number of aromatic nitrogens is 3. The van der Waals surface area contributed by atoms with Crippen LogP contribution in [-0.2, 0) is 11.3 Å². The molecule has 33 heavy (non-hydrogen) atoms. The second-order valence-electron chi connectivity index (χ2n) is 10.3. The normalized spacial score (nSPS) is 27.6. The largest absolute Gasteiger partial charge is 0.337 e. The molecule has 0 radical (unpaired) electrons. The zero-order valence-corrected chi connectivity index (χ0v) is 21.3. The number of anilines is 1. The van der Waals surface area contributed by atoms with E-state index in [1.807, 2.05) is 29.6 Å². The van der Waals surface area contributed by atoms with Crippen molar-refractivity contribution in [2.45, 2.75) is 58.4 Å². The molecule has 4 bridgehead atoms. The highest BCUT2D eigenvalue weighted by atomic mass is 35.5. The SMILES string of the molecule is Cc1ccc(Cl)c2sc(N(CCCn3ccnc3)C(=O)C34CC5CC(CC(C5)C3)C4)nc12.Cl. The van der Waals surface area contributed by atoms with E-state index >= 15 is 0 Å². The molecule has 0 N–H and O–H groups in total. The first-order valence-corrected chi connectivity index (χ1v) is 13.0. The van der Waals surface area contributed by atoms with Crippen molar-refractivity contribution in [3.05, 3.63) is 41.4 Å². The van der Waals surface area contributed by atoms with Crippen LogP contribution in [-0.4, -0.2) is 27.0 Å². The predicted octanol–water partition coefficient (Wildman–Crippen LogP) is 6.52. The molecule has 4 saturated carbocycles. The van der Waals surface area contributed by atoms with Crippen molar-refractivity contribution in [1.29, 1.82) is 0 Å². The van der Waals surface area contributed by atoms with E-state index in [9.17, 15) is 4.79 Å². The Kier molecular flexibility index (Phi) is 6.21. The molecule has 7 rings (SSSR count). The number of benzene rings is 1. The molecule has 176 valence electrons. The van der Waals surface area contributed by atoms with E-state index in [4.69, 9.17) is 16.6 Å². The summed E-state index contributed by atoms with van der Waals surface area (Å²) in [5, 5.41) is 1.53. The molecule has 2 heterocycles. The Balaban J connectivity index is 0.00000228. The molecule has 5 nitrogen and oxygen atoms in total. The lowest BCUT2D eigenvalue weighted by atomic mass is 9.49. The number of halogens is 2. The molecular weight excluding hydrogens is 475 g/mol. The van der Waals surface area contributed by atoms with Crippen LogP contribution in [0.2, 0.25) is 5.02 Å². The summed E-state index contributed by atoms with van der Waals surface area (Å²) >= 11 is 8.08. The molecule has 0 saturated heterocycles. The summed E-state index contributed by atoms with van der Waals surface area (Å²) in [6.07, 6.45) is 13.7. The van der Waals surface area contributed by atoms with Gasteiger partial charge in [0.05, 0.1) is 27.0 Å². The van der Waals surface area contributed by atoms with Gasteiger partial charge < -0.3 is 4.57 Å². The Bertz CT molecular complexity index is 1080. The fourth-order valence-electron chi connectivity index (χ4n) is 6.98. The van der Waals surface area contributed by atoms with Crippen LogP contribution in [0.4, 0.5) is 5.13 Å². The first-order chi connectivity index (χ1) is 15.5. The summed E-state index contributed by atoms with van der Waals surface area (Å²) < 4.78 is 3.06. The van der Waals surface area contributed by atoms with Gasteiger partial charge in [-0.15, -0.1) is 12.4 Å². The number of fused-ring (bicyclic) bond motifs is 1. The van der Waals surface area contributed by atoms with Gasteiger partial charge in [-0.1, -0.05) is 29.0 Å². The molecule has 4 aliphatic rings. The highest BCUT2D eigenvalue weighted by Gasteiger charge is 2.56. The second-order valence-corrected chi connectivity index (χ2v) is 11.7. The molecule has 8 heteroatoms. The van der Waals surface area contributed by atoms with Crippen LogP contribution >= 0.6 is 35.3 Å². The molecule has 0 atom stereocenters. The third kappa shape index (κ3) is 4.08. The summed E-state index contributed by atoms with van der Waals surface area (Å²) in [4.78, 5) is 25.4. The lowest BCUT2D eigenvalue weighted by molar-refractivity contribution is -0.143. The third-order valence-electron chi connectivity index (χ3n) is 8.01. The van der Waals surface area contributed by atoms with E-state index in [0.29, 0.717) is 12.5 Å². The van der Waals surface area contributed by atoms with Crippen molar-refractivity contribution in [3.8, 4) is 0 Å². The number of hydrogen-bond acceptors (Lipinski definition) is 4. The minimum Gasteiger partial charge on any atom is -0.337 e. The van der Waals surface area contributed by atoms with Crippen LogP contribution in [0.1, 0.15) is 50.5 Å². The van der Waals surface area contributed by atoms with E-state index in [-0.39, 0.29) is 17.8 Å². The van der Waals surface area contributed by atoms with Crippen LogP contribution in [0.3, 0.4) is 0 Å². The highest BCUT2D eigenvalue weighted by molar-refractivity contribution is 7.23. The van der Waals surface area contributed by atoms with Gasteiger partial charge in [-0.25, -0.2) is 9.97 Å².